The molecule has 0 radical (unpaired) electrons. The van der Waals surface area contributed by atoms with E-state index in [9.17, 15) is 5.11 Å². The van der Waals surface area contributed by atoms with Crippen molar-refractivity contribution in [3.63, 3.8) is 0 Å². The molecule has 2 rings (SSSR count). The van der Waals surface area contributed by atoms with Gasteiger partial charge in [-0.2, -0.15) is 0 Å². The average Bonchev–Trinajstić information content (AvgIpc) is 2.59. The first-order valence-electron chi connectivity index (χ1n) is 5.99. The third kappa shape index (κ3) is 2.12. The minimum absolute atomic E-state index is 0.241. The van der Waals surface area contributed by atoms with Gasteiger partial charge in [0.2, 0.25) is 0 Å². The Morgan fingerprint density at radius 1 is 1.29 bits per heavy atom. The molecule has 0 amide bonds. The fourth-order valence-corrected chi connectivity index (χ4v) is 3.51. The van der Waals surface area contributed by atoms with Gasteiger partial charge in [-0.25, -0.2) is 0 Å². The predicted molar refractivity (Wildman–Crippen MR) is 58.0 cm³/mol. The van der Waals surface area contributed by atoms with Crippen molar-refractivity contribution < 1.29 is 5.11 Å². The molecular formula is C12H23NO. The lowest BCUT2D eigenvalue weighted by atomic mass is 9.76. The Kier molecular flexibility index (Phi) is 2.61. The van der Waals surface area contributed by atoms with Crippen LogP contribution in [-0.4, -0.2) is 16.7 Å². The molecule has 0 aromatic carbocycles. The van der Waals surface area contributed by atoms with Crippen LogP contribution in [0.5, 0.6) is 0 Å². The van der Waals surface area contributed by atoms with E-state index in [2.05, 4.69) is 6.92 Å². The Bertz CT molecular complexity index is 210. The molecule has 2 saturated carbocycles. The van der Waals surface area contributed by atoms with E-state index in [4.69, 9.17) is 5.73 Å². The molecule has 2 heteroatoms. The maximum atomic E-state index is 10.4. The van der Waals surface area contributed by atoms with Crippen LogP contribution in [0.1, 0.15) is 58.3 Å². The quantitative estimate of drug-likeness (QED) is 0.713. The second kappa shape index (κ2) is 3.49. The summed E-state index contributed by atoms with van der Waals surface area (Å²) >= 11 is 0. The van der Waals surface area contributed by atoms with E-state index in [0.717, 1.165) is 25.7 Å². The Morgan fingerprint density at radius 2 is 1.93 bits per heavy atom. The van der Waals surface area contributed by atoms with Crippen LogP contribution in [-0.2, 0) is 0 Å². The summed E-state index contributed by atoms with van der Waals surface area (Å²) in [6.07, 6.45) is 9.01. The molecule has 82 valence electrons. The molecular weight excluding hydrogens is 174 g/mol. The Hall–Kier alpha value is -0.0800. The molecule has 0 aromatic heterocycles. The molecule has 2 aliphatic rings. The summed E-state index contributed by atoms with van der Waals surface area (Å²) in [7, 11) is 0. The van der Waals surface area contributed by atoms with Crippen molar-refractivity contribution in [2.45, 2.75) is 69.9 Å². The van der Waals surface area contributed by atoms with Crippen molar-refractivity contribution in [1.29, 1.82) is 0 Å². The highest BCUT2D eigenvalue weighted by Gasteiger charge is 2.42. The van der Waals surface area contributed by atoms with Gasteiger partial charge in [-0.05, 0) is 43.9 Å². The van der Waals surface area contributed by atoms with Gasteiger partial charge in [0.05, 0.1) is 5.60 Å². The van der Waals surface area contributed by atoms with Gasteiger partial charge in [-0.3, -0.25) is 0 Å². The van der Waals surface area contributed by atoms with Crippen LogP contribution in [0.25, 0.3) is 0 Å². The van der Waals surface area contributed by atoms with Crippen molar-refractivity contribution >= 4 is 0 Å². The van der Waals surface area contributed by atoms with Gasteiger partial charge in [0, 0.05) is 6.04 Å². The second-order valence-electron chi connectivity index (χ2n) is 5.92. The topological polar surface area (TPSA) is 46.2 Å². The molecule has 0 saturated heterocycles. The van der Waals surface area contributed by atoms with E-state index in [-0.39, 0.29) is 6.04 Å². The van der Waals surface area contributed by atoms with Gasteiger partial charge in [0.15, 0.2) is 0 Å². The molecule has 0 aromatic rings. The molecule has 0 aliphatic heterocycles. The minimum atomic E-state index is -0.432. The van der Waals surface area contributed by atoms with Gasteiger partial charge in [0.1, 0.15) is 0 Å². The zero-order valence-corrected chi connectivity index (χ0v) is 9.26. The average molecular weight is 197 g/mol. The van der Waals surface area contributed by atoms with Crippen molar-refractivity contribution in [2.75, 3.05) is 0 Å². The number of hydrogen-bond donors (Lipinski definition) is 2. The normalized spacial score (nSPS) is 41.8. The van der Waals surface area contributed by atoms with Crippen LogP contribution in [0.3, 0.4) is 0 Å². The highest BCUT2D eigenvalue weighted by molar-refractivity contribution is 4.96. The number of aliphatic hydroxyl groups is 1. The monoisotopic (exact) mass is 197 g/mol. The first kappa shape index (κ1) is 10.4. The minimum Gasteiger partial charge on any atom is -0.390 e. The molecule has 2 fully saturated rings. The molecule has 2 unspecified atom stereocenters. The highest BCUT2D eigenvalue weighted by atomic mass is 16.3. The Morgan fingerprint density at radius 3 is 2.43 bits per heavy atom. The number of nitrogens with two attached hydrogens (primary N) is 1. The fraction of sp³-hybridized carbons (Fsp3) is 1.00. The first-order valence-corrected chi connectivity index (χ1v) is 5.99. The third-order valence-electron chi connectivity index (χ3n) is 4.19. The highest BCUT2D eigenvalue weighted by Crippen LogP contribution is 2.47. The smallest absolute Gasteiger partial charge is 0.0668 e. The molecule has 0 heterocycles. The molecule has 0 spiro atoms. The van der Waals surface area contributed by atoms with Crippen LogP contribution < -0.4 is 5.73 Å². The Labute approximate surface area is 86.9 Å². The van der Waals surface area contributed by atoms with Crippen molar-refractivity contribution in [3.05, 3.63) is 0 Å². The van der Waals surface area contributed by atoms with Gasteiger partial charge in [0.25, 0.3) is 0 Å². The summed E-state index contributed by atoms with van der Waals surface area (Å²) in [6, 6.07) is 0.241. The number of rotatable bonds is 2. The lowest BCUT2D eigenvalue weighted by Gasteiger charge is -2.33. The summed E-state index contributed by atoms with van der Waals surface area (Å²) in [5.74, 6) is 0. The zero-order valence-electron chi connectivity index (χ0n) is 9.26. The fourth-order valence-electron chi connectivity index (χ4n) is 3.51. The molecule has 2 atom stereocenters. The van der Waals surface area contributed by atoms with Crippen molar-refractivity contribution in [2.24, 2.45) is 11.1 Å². The molecule has 14 heavy (non-hydrogen) atoms. The second-order valence-corrected chi connectivity index (χ2v) is 5.92. The van der Waals surface area contributed by atoms with E-state index >= 15 is 0 Å². The lowest BCUT2D eigenvalue weighted by Crippen LogP contribution is -2.33. The van der Waals surface area contributed by atoms with Gasteiger partial charge < -0.3 is 10.8 Å². The molecule has 2 nitrogen and oxygen atoms in total. The molecule has 0 bridgehead atoms. The SMILES string of the molecule is CC1(CC2(O)CCC(N)C2)CCCC1. The summed E-state index contributed by atoms with van der Waals surface area (Å²) in [5, 5.41) is 10.4. The summed E-state index contributed by atoms with van der Waals surface area (Å²) in [6.45, 7) is 2.34. The summed E-state index contributed by atoms with van der Waals surface area (Å²) < 4.78 is 0. The maximum Gasteiger partial charge on any atom is 0.0668 e. The number of hydrogen-bond acceptors (Lipinski definition) is 2. The maximum absolute atomic E-state index is 10.4. The largest absolute Gasteiger partial charge is 0.390 e. The third-order valence-corrected chi connectivity index (χ3v) is 4.19. The van der Waals surface area contributed by atoms with Crippen LogP contribution >= 0.6 is 0 Å². The van der Waals surface area contributed by atoms with Crippen molar-refractivity contribution in [3.8, 4) is 0 Å². The van der Waals surface area contributed by atoms with Crippen LogP contribution in [0, 0.1) is 5.41 Å². The van der Waals surface area contributed by atoms with Crippen molar-refractivity contribution in [1.82, 2.24) is 0 Å². The van der Waals surface area contributed by atoms with E-state index in [1.54, 1.807) is 0 Å². The first-order chi connectivity index (χ1) is 6.52. The van der Waals surface area contributed by atoms with E-state index in [0.29, 0.717) is 5.41 Å². The van der Waals surface area contributed by atoms with Gasteiger partial charge in [-0.1, -0.05) is 19.8 Å². The summed E-state index contributed by atoms with van der Waals surface area (Å²) in [5.41, 5.74) is 5.84. The lowest BCUT2D eigenvalue weighted by molar-refractivity contribution is -0.000159. The molecule has 2 aliphatic carbocycles. The molecule has 3 N–H and O–H groups in total. The van der Waals surface area contributed by atoms with Gasteiger partial charge in [-0.15, -0.1) is 0 Å². The van der Waals surface area contributed by atoms with E-state index in [1.165, 1.54) is 25.7 Å². The zero-order chi connectivity index (χ0) is 10.2. The Balaban J connectivity index is 1.96. The standard InChI is InChI=1S/C12H23NO/c1-11(5-2-3-6-11)9-12(14)7-4-10(13)8-12/h10,14H,2-9,13H2,1H3. The van der Waals surface area contributed by atoms with Gasteiger partial charge >= 0.3 is 0 Å². The van der Waals surface area contributed by atoms with Crippen LogP contribution in [0.4, 0.5) is 0 Å². The predicted octanol–water partition coefficient (Wildman–Crippen LogP) is 2.20. The van der Waals surface area contributed by atoms with Crippen LogP contribution in [0.2, 0.25) is 0 Å². The van der Waals surface area contributed by atoms with E-state index < -0.39 is 5.60 Å². The van der Waals surface area contributed by atoms with E-state index in [1.807, 2.05) is 0 Å². The van der Waals surface area contributed by atoms with Crippen LogP contribution in [0.15, 0.2) is 0 Å². The summed E-state index contributed by atoms with van der Waals surface area (Å²) in [4.78, 5) is 0.